The molecule has 2 heteroatoms. The summed E-state index contributed by atoms with van der Waals surface area (Å²) >= 11 is 0. The number of carboxylic acids is 1. The highest BCUT2D eigenvalue weighted by atomic mass is 16.4. The third kappa shape index (κ3) is 3.81. The van der Waals surface area contributed by atoms with Crippen molar-refractivity contribution in [1.82, 2.24) is 0 Å². The van der Waals surface area contributed by atoms with Crippen molar-refractivity contribution >= 4 is 5.97 Å². The van der Waals surface area contributed by atoms with E-state index in [2.05, 4.69) is 6.58 Å². The molecule has 0 aliphatic rings. The Morgan fingerprint density at radius 2 is 2.07 bits per heavy atom. The van der Waals surface area contributed by atoms with Crippen LogP contribution in [0.2, 0.25) is 0 Å². The van der Waals surface area contributed by atoms with Crippen molar-refractivity contribution in [3.8, 4) is 0 Å². The van der Waals surface area contributed by atoms with E-state index >= 15 is 0 Å². The number of benzene rings is 1. The summed E-state index contributed by atoms with van der Waals surface area (Å²) in [6, 6.07) is 9.91. The molecule has 1 aromatic carbocycles. The van der Waals surface area contributed by atoms with Crippen LogP contribution in [0.5, 0.6) is 0 Å². The summed E-state index contributed by atoms with van der Waals surface area (Å²) in [6.45, 7) is 3.75. The fourth-order valence-corrected chi connectivity index (χ4v) is 1.38. The van der Waals surface area contributed by atoms with Gasteiger partial charge < -0.3 is 5.11 Å². The monoisotopic (exact) mass is 202 g/mol. The van der Waals surface area contributed by atoms with Crippen LogP contribution in [0, 0.1) is 0 Å². The topological polar surface area (TPSA) is 37.3 Å². The van der Waals surface area contributed by atoms with Crippen LogP contribution in [-0.4, -0.2) is 11.1 Å². The van der Waals surface area contributed by atoms with E-state index in [4.69, 9.17) is 5.11 Å². The third-order valence-electron chi connectivity index (χ3n) is 2.16. The zero-order valence-electron chi connectivity index (χ0n) is 8.47. The minimum absolute atomic E-state index is 0.182. The lowest BCUT2D eigenvalue weighted by molar-refractivity contribution is -0.131. The maximum atomic E-state index is 10.3. The molecule has 0 aromatic heterocycles. The smallest absolute Gasteiger partial charge is 0.327 e. The van der Waals surface area contributed by atoms with E-state index in [1.807, 2.05) is 36.4 Å². The van der Waals surface area contributed by atoms with Crippen molar-refractivity contribution in [3.63, 3.8) is 0 Å². The van der Waals surface area contributed by atoms with Gasteiger partial charge in [-0.15, -0.1) is 6.58 Å². The number of carboxylic acid groups (broad SMARTS) is 1. The van der Waals surface area contributed by atoms with E-state index in [1.54, 1.807) is 6.08 Å². The molecule has 0 spiro atoms. The van der Waals surface area contributed by atoms with Crippen LogP contribution < -0.4 is 0 Å². The molecule has 2 nitrogen and oxygen atoms in total. The van der Waals surface area contributed by atoms with Crippen molar-refractivity contribution in [2.45, 2.75) is 12.3 Å². The molecule has 0 aliphatic carbocycles. The van der Waals surface area contributed by atoms with Crippen molar-refractivity contribution in [2.75, 3.05) is 0 Å². The Morgan fingerprint density at radius 3 is 2.60 bits per heavy atom. The lowest BCUT2D eigenvalue weighted by Crippen LogP contribution is -1.93. The molecule has 0 amide bonds. The highest BCUT2D eigenvalue weighted by Gasteiger charge is 2.04. The first-order valence-electron chi connectivity index (χ1n) is 4.81. The Labute approximate surface area is 89.6 Å². The second-order valence-electron chi connectivity index (χ2n) is 3.23. The first kappa shape index (κ1) is 11.2. The molecule has 1 unspecified atom stereocenters. The Morgan fingerprint density at radius 1 is 1.40 bits per heavy atom. The summed E-state index contributed by atoms with van der Waals surface area (Å²) in [7, 11) is 0. The molecule has 1 rings (SSSR count). The van der Waals surface area contributed by atoms with Gasteiger partial charge in [-0.2, -0.15) is 0 Å². The summed E-state index contributed by atoms with van der Waals surface area (Å²) in [6.07, 6.45) is 5.32. The second kappa shape index (κ2) is 5.81. The second-order valence-corrected chi connectivity index (χ2v) is 3.23. The van der Waals surface area contributed by atoms with Crippen LogP contribution in [0.4, 0.5) is 0 Å². The lowest BCUT2D eigenvalue weighted by Gasteiger charge is -2.09. The van der Waals surface area contributed by atoms with Gasteiger partial charge in [0.25, 0.3) is 0 Å². The third-order valence-corrected chi connectivity index (χ3v) is 2.16. The molecule has 0 aliphatic heterocycles. The van der Waals surface area contributed by atoms with Crippen LogP contribution in [0.25, 0.3) is 0 Å². The molecule has 78 valence electrons. The van der Waals surface area contributed by atoms with Crippen LogP contribution in [0.3, 0.4) is 0 Å². The van der Waals surface area contributed by atoms with Gasteiger partial charge in [-0.25, -0.2) is 4.79 Å². The van der Waals surface area contributed by atoms with Crippen molar-refractivity contribution in [1.29, 1.82) is 0 Å². The zero-order valence-corrected chi connectivity index (χ0v) is 8.47. The Kier molecular flexibility index (Phi) is 4.35. The number of allylic oxidation sites excluding steroid dienone is 2. The standard InChI is InChI=1S/C13H14O2/c1-2-11(9-6-10-13(14)15)12-7-4-3-5-8-12/h2-8,10-11H,1,9H2,(H,14,15)/b10-6+. The van der Waals surface area contributed by atoms with Crippen LogP contribution in [-0.2, 0) is 4.79 Å². The number of aliphatic carboxylic acids is 1. The fourth-order valence-electron chi connectivity index (χ4n) is 1.38. The highest BCUT2D eigenvalue weighted by molar-refractivity contribution is 5.79. The largest absolute Gasteiger partial charge is 0.478 e. The zero-order chi connectivity index (χ0) is 11.1. The summed E-state index contributed by atoms with van der Waals surface area (Å²) in [4.78, 5) is 10.3. The normalized spacial score (nSPS) is 12.5. The van der Waals surface area contributed by atoms with Gasteiger partial charge in [0, 0.05) is 12.0 Å². The van der Waals surface area contributed by atoms with E-state index in [-0.39, 0.29) is 5.92 Å². The molecule has 0 heterocycles. The van der Waals surface area contributed by atoms with Gasteiger partial charge in [0.05, 0.1) is 0 Å². The van der Waals surface area contributed by atoms with Gasteiger partial charge in [0.2, 0.25) is 0 Å². The minimum Gasteiger partial charge on any atom is -0.478 e. The van der Waals surface area contributed by atoms with E-state index in [9.17, 15) is 4.79 Å². The molecular formula is C13H14O2. The maximum absolute atomic E-state index is 10.3. The number of rotatable bonds is 5. The van der Waals surface area contributed by atoms with Crippen LogP contribution in [0.1, 0.15) is 17.9 Å². The van der Waals surface area contributed by atoms with Gasteiger partial charge in [-0.05, 0) is 12.0 Å². The van der Waals surface area contributed by atoms with Gasteiger partial charge >= 0.3 is 5.97 Å². The molecule has 1 atom stereocenters. The summed E-state index contributed by atoms with van der Waals surface area (Å²) in [5, 5.41) is 8.46. The SMILES string of the molecule is C=CC(C/C=C/C(=O)O)c1ccccc1. The van der Waals surface area contributed by atoms with E-state index in [0.717, 1.165) is 5.56 Å². The van der Waals surface area contributed by atoms with Gasteiger partial charge in [-0.3, -0.25) is 0 Å². The average Bonchev–Trinajstić information content (AvgIpc) is 2.25. The summed E-state index contributed by atoms with van der Waals surface area (Å²) in [5.74, 6) is -0.729. The first-order valence-corrected chi connectivity index (χ1v) is 4.81. The first-order chi connectivity index (χ1) is 7.24. The quantitative estimate of drug-likeness (QED) is 0.588. The Hall–Kier alpha value is -1.83. The maximum Gasteiger partial charge on any atom is 0.327 e. The van der Waals surface area contributed by atoms with E-state index < -0.39 is 5.97 Å². The fraction of sp³-hybridized carbons (Fsp3) is 0.154. The summed E-state index contributed by atoms with van der Waals surface area (Å²) < 4.78 is 0. The molecule has 15 heavy (non-hydrogen) atoms. The van der Waals surface area contributed by atoms with Gasteiger partial charge in [0.1, 0.15) is 0 Å². The molecule has 0 saturated carbocycles. The van der Waals surface area contributed by atoms with E-state index in [1.165, 1.54) is 6.08 Å². The Bertz CT molecular complexity index is 352. The van der Waals surface area contributed by atoms with Crippen molar-refractivity contribution < 1.29 is 9.90 Å². The predicted octanol–water partition coefficient (Wildman–Crippen LogP) is 2.99. The number of hydrogen-bond donors (Lipinski definition) is 1. The molecule has 1 N–H and O–H groups in total. The molecule has 1 aromatic rings. The van der Waals surface area contributed by atoms with Crippen LogP contribution >= 0.6 is 0 Å². The Balaban J connectivity index is 2.65. The van der Waals surface area contributed by atoms with Crippen molar-refractivity contribution in [2.24, 2.45) is 0 Å². The van der Waals surface area contributed by atoms with Gasteiger partial charge in [-0.1, -0.05) is 42.5 Å². The molecule has 0 fully saturated rings. The summed E-state index contributed by atoms with van der Waals surface area (Å²) in [5.41, 5.74) is 1.16. The van der Waals surface area contributed by atoms with Gasteiger partial charge in [0.15, 0.2) is 0 Å². The highest BCUT2D eigenvalue weighted by Crippen LogP contribution is 2.20. The molecule has 0 saturated heterocycles. The number of carbonyl (C=O) groups is 1. The molecular weight excluding hydrogens is 188 g/mol. The van der Waals surface area contributed by atoms with Crippen molar-refractivity contribution in [3.05, 3.63) is 60.7 Å². The van der Waals surface area contributed by atoms with Crippen LogP contribution in [0.15, 0.2) is 55.1 Å². The molecule has 0 bridgehead atoms. The van der Waals surface area contributed by atoms with E-state index in [0.29, 0.717) is 6.42 Å². The lowest BCUT2D eigenvalue weighted by atomic mass is 9.96. The minimum atomic E-state index is -0.911. The number of hydrogen-bond acceptors (Lipinski definition) is 1. The predicted molar refractivity (Wildman–Crippen MR) is 60.8 cm³/mol. The molecule has 0 radical (unpaired) electrons. The average molecular weight is 202 g/mol.